The number of aliphatic hydroxyl groups is 1. The van der Waals surface area contributed by atoms with Crippen molar-refractivity contribution >= 4 is 11.9 Å². The fourth-order valence-corrected chi connectivity index (χ4v) is 2.75. The number of aliphatic hydroxyl groups excluding tert-OH is 1. The minimum atomic E-state index is -0.875. The van der Waals surface area contributed by atoms with E-state index in [2.05, 4.69) is 0 Å². The molecule has 2 aliphatic rings. The van der Waals surface area contributed by atoms with Crippen LogP contribution in [0.3, 0.4) is 0 Å². The molecule has 17 heavy (non-hydrogen) atoms. The smallest absolute Gasteiger partial charge is 0.308 e. The molecule has 0 aromatic rings. The highest BCUT2D eigenvalue weighted by atomic mass is 16.4. The first-order chi connectivity index (χ1) is 8.06. The van der Waals surface area contributed by atoms with Crippen LogP contribution < -0.4 is 0 Å². The van der Waals surface area contributed by atoms with Gasteiger partial charge < -0.3 is 15.1 Å². The summed E-state index contributed by atoms with van der Waals surface area (Å²) in [7, 11) is 0. The average Bonchev–Trinajstić information content (AvgIpc) is 2.64. The molecule has 1 unspecified atom stereocenters. The number of likely N-dealkylation sites (tertiary alicyclic amines) is 1. The molecule has 1 aliphatic carbocycles. The van der Waals surface area contributed by atoms with Gasteiger partial charge in [0.05, 0.1) is 12.0 Å². The van der Waals surface area contributed by atoms with Crippen molar-refractivity contribution in [3.8, 4) is 0 Å². The second-order valence-corrected chi connectivity index (χ2v) is 5.21. The summed E-state index contributed by atoms with van der Waals surface area (Å²) >= 11 is 0. The van der Waals surface area contributed by atoms with Crippen molar-refractivity contribution in [2.24, 2.45) is 11.8 Å². The van der Waals surface area contributed by atoms with Gasteiger partial charge in [0, 0.05) is 19.5 Å². The van der Waals surface area contributed by atoms with E-state index >= 15 is 0 Å². The van der Waals surface area contributed by atoms with E-state index in [4.69, 9.17) is 5.11 Å². The molecule has 0 aromatic heterocycles. The Hall–Kier alpha value is -1.10. The van der Waals surface area contributed by atoms with Crippen molar-refractivity contribution in [3.05, 3.63) is 0 Å². The number of hydrogen-bond donors (Lipinski definition) is 2. The van der Waals surface area contributed by atoms with Crippen molar-refractivity contribution in [2.75, 3.05) is 13.1 Å². The molecule has 2 N–H and O–H groups in total. The van der Waals surface area contributed by atoms with Crippen LogP contribution in [0.15, 0.2) is 0 Å². The number of amides is 1. The number of nitrogens with zero attached hydrogens (tertiary/aromatic N) is 1. The van der Waals surface area contributed by atoms with Gasteiger partial charge in [-0.3, -0.25) is 9.59 Å². The predicted octanol–water partition coefficient (Wildman–Crippen LogP) is 0.471. The van der Waals surface area contributed by atoms with Crippen LogP contribution >= 0.6 is 0 Å². The van der Waals surface area contributed by atoms with Crippen molar-refractivity contribution < 1.29 is 19.8 Å². The fraction of sp³-hybridized carbons (Fsp3) is 0.833. The molecule has 1 saturated carbocycles. The molecule has 2 rings (SSSR count). The number of carboxylic acids is 1. The van der Waals surface area contributed by atoms with E-state index < -0.39 is 11.9 Å². The molecule has 1 heterocycles. The van der Waals surface area contributed by atoms with Gasteiger partial charge in [-0.15, -0.1) is 0 Å². The van der Waals surface area contributed by atoms with Crippen LogP contribution in [0, 0.1) is 11.8 Å². The van der Waals surface area contributed by atoms with Crippen LogP contribution in [-0.4, -0.2) is 46.2 Å². The summed E-state index contributed by atoms with van der Waals surface area (Å²) in [5, 5.41) is 18.3. The largest absolute Gasteiger partial charge is 0.481 e. The molecule has 1 amide bonds. The first-order valence-corrected chi connectivity index (χ1v) is 6.25. The van der Waals surface area contributed by atoms with Crippen LogP contribution in [0.25, 0.3) is 0 Å². The fourth-order valence-electron chi connectivity index (χ4n) is 2.75. The first kappa shape index (κ1) is 12.4. The second-order valence-electron chi connectivity index (χ2n) is 5.21. The number of carbonyl (C=O) groups is 2. The Labute approximate surface area is 100 Å². The van der Waals surface area contributed by atoms with E-state index in [1.165, 1.54) is 0 Å². The lowest BCUT2D eigenvalue weighted by Crippen LogP contribution is -2.34. The van der Waals surface area contributed by atoms with Crippen molar-refractivity contribution in [1.29, 1.82) is 0 Å². The molecular weight excluding hydrogens is 222 g/mol. The lowest BCUT2D eigenvalue weighted by Gasteiger charge is -2.29. The van der Waals surface area contributed by atoms with Crippen molar-refractivity contribution in [1.82, 2.24) is 4.90 Å². The summed E-state index contributed by atoms with van der Waals surface area (Å²) in [6.45, 7) is 1.02. The van der Waals surface area contributed by atoms with E-state index in [1.807, 2.05) is 0 Å². The second kappa shape index (κ2) is 5.04. The Morgan fingerprint density at radius 2 is 1.94 bits per heavy atom. The zero-order chi connectivity index (χ0) is 12.4. The quantitative estimate of drug-likeness (QED) is 0.753. The Morgan fingerprint density at radius 3 is 2.47 bits per heavy atom. The van der Waals surface area contributed by atoms with Gasteiger partial charge in [0.15, 0.2) is 0 Å². The zero-order valence-corrected chi connectivity index (χ0v) is 9.84. The molecule has 0 spiro atoms. The summed E-state index contributed by atoms with van der Waals surface area (Å²) in [6, 6.07) is 0. The Kier molecular flexibility index (Phi) is 3.66. The maximum absolute atomic E-state index is 11.6. The molecule has 1 atom stereocenters. The monoisotopic (exact) mass is 241 g/mol. The topological polar surface area (TPSA) is 77.8 Å². The van der Waals surface area contributed by atoms with Crippen molar-refractivity contribution in [3.63, 3.8) is 0 Å². The highest BCUT2D eigenvalue weighted by Crippen LogP contribution is 2.27. The van der Waals surface area contributed by atoms with Gasteiger partial charge >= 0.3 is 5.97 Å². The van der Waals surface area contributed by atoms with Gasteiger partial charge in [-0.1, -0.05) is 0 Å². The molecule has 0 aromatic carbocycles. The van der Waals surface area contributed by atoms with E-state index in [9.17, 15) is 14.7 Å². The SMILES string of the molecule is O=C(O)C1CC(=O)N(CC2CCC(O)CC2)C1. The Morgan fingerprint density at radius 1 is 1.29 bits per heavy atom. The molecule has 2 fully saturated rings. The number of carbonyl (C=O) groups excluding carboxylic acids is 1. The third-order valence-corrected chi connectivity index (χ3v) is 3.86. The summed E-state index contributed by atoms with van der Waals surface area (Å²) in [6.07, 6.45) is 3.42. The molecule has 5 heteroatoms. The highest BCUT2D eigenvalue weighted by Gasteiger charge is 2.35. The molecule has 1 aliphatic heterocycles. The van der Waals surface area contributed by atoms with Gasteiger partial charge in [0.25, 0.3) is 0 Å². The third-order valence-electron chi connectivity index (χ3n) is 3.86. The average molecular weight is 241 g/mol. The van der Waals surface area contributed by atoms with Gasteiger partial charge in [-0.25, -0.2) is 0 Å². The lowest BCUT2D eigenvalue weighted by molar-refractivity contribution is -0.141. The molecular formula is C12H19NO4. The Balaban J connectivity index is 1.83. The first-order valence-electron chi connectivity index (χ1n) is 6.25. The summed E-state index contributed by atoms with van der Waals surface area (Å²) < 4.78 is 0. The normalized spacial score (nSPS) is 34.1. The van der Waals surface area contributed by atoms with Gasteiger partial charge in [0.2, 0.25) is 5.91 Å². The summed E-state index contributed by atoms with van der Waals surface area (Å²) in [5.74, 6) is -1.02. The maximum Gasteiger partial charge on any atom is 0.308 e. The van der Waals surface area contributed by atoms with Crippen LogP contribution in [0.1, 0.15) is 32.1 Å². The van der Waals surface area contributed by atoms with Gasteiger partial charge in [-0.05, 0) is 31.6 Å². The highest BCUT2D eigenvalue weighted by molar-refractivity contribution is 5.86. The molecule has 5 nitrogen and oxygen atoms in total. The van der Waals surface area contributed by atoms with Crippen molar-refractivity contribution in [2.45, 2.75) is 38.2 Å². The third kappa shape index (κ3) is 2.97. The Bertz CT molecular complexity index is 310. The van der Waals surface area contributed by atoms with Gasteiger partial charge in [-0.2, -0.15) is 0 Å². The number of rotatable bonds is 3. The summed E-state index contributed by atoms with van der Waals surface area (Å²) in [4.78, 5) is 24.1. The predicted molar refractivity (Wildman–Crippen MR) is 60.3 cm³/mol. The van der Waals surface area contributed by atoms with E-state index in [-0.39, 0.29) is 18.4 Å². The number of hydrogen-bond acceptors (Lipinski definition) is 3. The molecule has 96 valence electrons. The minimum absolute atomic E-state index is 0.0384. The standard InChI is InChI=1S/C12H19NO4/c14-10-3-1-8(2-4-10)6-13-7-9(12(16)17)5-11(13)15/h8-10,14H,1-7H2,(H,16,17). The van der Waals surface area contributed by atoms with Crippen LogP contribution in [-0.2, 0) is 9.59 Å². The number of carboxylic acid groups (broad SMARTS) is 1. The summed E-state index contributed by atoms with van der Waals surface area (Å²) in [5.41, 5.74) is 0. The van der Waals surface area contributed by atoms with Crippen LogP contribution in [0.2, 0.25) is 0 Å². The maximum atomic E-state index is 11.6. The van der Waals surface area contributed by atoms with E-state index in [0.29, 0.717) is 19.0 Å². The van der Waals surface area contributed by atoms with E-state index in [1.54, 1.807) is 4.90 Å². The zero-order valence-electron chi connectivity index (χ0n) is 9.84. The molecule has 0 radical (unpaired) electrons. The minimum Gasteiger partial charge on any atom is -0.481 e. The van der Waals surface area contributed by atoms with Gasteiger partial charge in [0.1, 0.15) is 0 Å². The van der Waals surface area contributed by atoms with Crippen LogP contribution in [0.5, 0.6) is 0 Å². The number of aliphatic carboxylic acids is 1. The lowest BCUT2D eigenvalue weighted by atomic mass is 9.87. The molecule has 0 bridgehead atoms. The van der Waals surface area contributed by atoms with E-state index in [0.717, 1.165) is 25.7 Å². The molecule has 1 saturated heterocycles. The van der Waals surface area contributed by atoms with Crippen LogP contribution in [0.4, 0.5) is 0 Å².